The topological polar surface area (TPSA) is 35.8 Å². The quantitative estimate of drug-likeness (QED) is 0.758. The molecule has 4 saturated carbocycles. The Balaban J connectivity index is 1.80. The van der Waals surface area contributed by atoms with Gasteiger partial charge < -0.3 is 5.32 Å². The van der Waals surface area contributed by atoms with E-state index in [2.05, 4.69) is 25.2 Å². The zero-order valence-corrected chi connectivity index (χ0v) is 11.2. The Labute approximate surface area is 105 Å². The summed E-state index contributed by atoms with van der Waals surface area (Å²) in [6.07, 6.45) is 9.03. The van der Waals surface area contributed by atoms with E-state index in [1.165, 1.54) is 38.5 Å². The second-order valence-corrected chi connectivity index (χ2v) is 7.75. The molecule has 0 saturated heterocycles. The number of hydrogen-bond acceptors (Lipinski definition) is 2. The van der Waals surface area contributed by atoms with Gasteiger partial charge in [0.25, 0.3) is 0 Å². The van der Waals surface area contributed by atoms with Crippen LogP contribution < -0.4 is 5.32 Å². The van der Waals surface area contributed by atoms with Gasteiger partial charge in [0.15, 0.2) is 0 Å². The van der Waals surface area contributed by atoms with Crippen LogP contribution in [0, 0.1) is 28.1 Å². The largest absolute Gasteiger partial charge is 0.310 e. The Morgan fingerprint density at radius 3 is 2.29 bits per heavy atom. The number of nitriles is 1. The fraction of sp³-hybridized carbons (Fsp3) is 0.933. The van der Waals surface area contributed by atoms with E-state index < -0.39 is 0 Å². The predicted molar refractivity (Wildman–Crippen MR) is 68.4 cm³/mol. The first-order valence-corrected chi connectivity index (χ1v) is 7.09. The Morgan fingerprint density at radius 1 is 1.12 bits per heavy atom. The molecule has 1 N–H and O–H groups in total. The van der Waals surface area contributed by atoms with Crippen molar-refractivity contribution >= 4 is 0 Å². The van der Waals surface area contributed by atoms with E-state index in [0.717, 1.165) is 12.5 Å². The van der Waals surface area contributed by atoms with E-state index in [-0.39, 0.29) is 0 Å². The lowest BCUT2D eigenvalue weighted by Gasteiger charge is -2.65. The van der Waals surface area contributed by atoms with Crippen LogP contribution in [0.4, 0.5) is 0 Å². The molecule has 0 amide bonds. The molecule has 4 aliphatic rings. The number of nitrogens with one attached hydrogen (secondary N) is 1. The van der Waals surface area contributed by atoms with Crippen LogP contribution in [0.5, 0.6) is 0 Å². The first-order valence-electron chi connectivity index (χ1n) is 7.09. The van der Waals surface area contributed by atoms with Gasteiger partial charge >= 0.3 is 0 Å². The minimum absolute atomic E-state index is 0.375. The molecule has 17 heavy (non-hydrogen) atoms. The monoisotopic (exact) mass is 232 g/mol. The smallest absolute Gasteiger partial charge is 0.0635 e. The van der Waals surface area contributed by atoms with E-state index in [9.17, 15) is 0 Å². The highest BCUT2D eigenvalue weighted by Crippen LogP contribution is 2.66. The molecule has 4 rings (SSSR count). The van der Waals surface area contributed by atoms with Crippen LogP contribution in [0.15, 0.2) is 0 Å². The van der Waals surface area contributed by atoms with Crippen molar-refractivity contribution in [2.45, 2.75) is 64.3 Å². The summed E-state index contributed by atoms with van der Waals surface area (Å²) >= 11 is 0. The van der Waals surface area contributed by atoms with E-state index in [0.29, 0.717) is 22.8 Å². The van der Waals surface area contributed by atoms with Crippen LogP contribution in [0.3, 0.4) is 0 Å². The van der Waals surface area contributed by atoms with Gasteiger partial charge in [0.1, 0.15) is 0 Å². The highest BCUT2D eigenvalue weighted by Gasteiger charge is 2.59. The van der Waals surface area contributed by atoms with Crippen molar-refractivity contribution in [3.05, 3.63) is 0 Å². The van der Waals surface area contributed by atoms with E-state index in [4.69, 9.17) is 5.26 Å². The Kier molecular flexibility index (Phi) is 2.36. The average molecular weight is 232 g/mol. The second-order valence-electron chi connectivity index (χ2n) is 7.75. The number of rotatable bonds is 3. The molecule has 4 fully saturated rings. The predicted octanol–water partition coefficient (Wildman–Crippen LogP) is 3.24. The summed E-state index contributed by atoms with van der Waals surface area (Å²) in [6, 6.07) is 2.26. The summed E-state index contributed by atoms with van der Waals surface area (Å²) < 4.78 is 0. The summed E-state index contributed by atoms with van der Waals surface area (Å²) in [5, 5.41) is 12.4. The molecule has 4 aliphatic carbocycles. The summed E-state index contributed by atoms with van der Waals surface area (Å²) in [4.78, 5) is 0. The zero-order valence-electron chi connectivity index (χ0n) is 11.2. The summed E-state index contributed by atoms with van der Waals surface area (Å²) in [5.41, 5.74) is 1.53. The van der Waals surface area contributed by atoms with Crippen molar-refractivity contribution in [3.63, 3.8) is 0 Å². The van der Waals surface area contributed by atoms with Crippen LogP contribution in [-0.4, -0.2) is 12.1 Å². The van der Waals surface area contributed by atoms with Gasteiger partial charge in [-0.3, -0.25) is 0 Å². The molecule has 0 aromatic carbocycles. The van der Waals surface area contributed by atoms with Gasteiger partial charge in [-0.25, -0.2) is 0 Å². The van der Waals surface area contributed by atoms with Crippen molar-refractivity contribution in [1.82, 2.24) is 5.32 Å². The minimum atomic E-state index is 0.375. The maximum atomic E-state index is 8.69. The van der Waals surface area contributed by atoms with Gasteiger partial charge in [0.05, 0.1) is 6.07 Å². The Morgan fingerprint density at radius 2 is 1.76 bits per heavy atom. The molecule has 0 aliphatic heterocycles. The molecule has 2 nitrogen and oxygen atoms in total. The number of hydrogen-bond donors (Lipinski definition) is 1. The molecule has 2 unspecified atom stereocenters. The van der Waals surface area contributed by atoms with Crippen LogP contribution in [0.2, 0.25) is 0 Å². The Bertz CT molecular complexity index is 350. The van der Waals surface area contributed by atoms with Gasteiger partial charge in [-0.1, -0.05) is 13.8 Å². The third-order valence-electron chi connectivity index (χ3n) is 5.36. The fourth-order valence-corrected chi connectivity index (χ4v) is 6.03. The molecule has 2 atom stereocenters. The molecule has 94 valence electrons. The van der Waals surface area contributed by atoms with Crippen LogP contribution in [0.25, 0.3) is 0 Å². The van der Waals surface area contributed by atoms with Crippen molar-refractivity contribution in [1.29, 1.82) is 5.26 Å². The maximum Gasteiger partial charge on any atom is 0.0635 e. The first kappa shape index (κ1) is 11.5. The number of nitrogens with zero attached hydrogens (tertiary/aromatic N) is 1. The highest BCUT2D eigenvalue weighted by molar-refractivity contribution is 5.14. The third kappa shape index (κ3) is 1.89. The van der Waals surface area contributed by atoms with Crippen molar-refractivity contribution in [3.8, 4) is 6.07 Å². The van der Waals surface area contributed by atoms with Crippen molar-refractivity contribution in [2.24, 2.45) is 16.7 Å². The van der Waals surface area contributed by atoms with E-state index >= 15 is 0 Å². The SMILES string of the molecule is CC12CC3CC(C)(C1)CC(NCCC#N)(C3)C2. The van der Waals surface area contributed by atoms with Crippen LogP contribution >= 0.6 is 0 Å². The lowest BCUT2D eigenvalue weighted by Crippen LogP contribution is -2.64. The van der Waals surface area contributed by atoms with Crippen molar-refractivity contribution < 1.29 is 0 Å². The van der Waals surface area contributed by atoms with Gasteiger partial charge in [0.2, 0.25) is 0 Å². The molecule has 2 heteroatoms. The lowest BCUT2D eigenvalue weighted by molar-refractivity contribution is -0.117. The van der Waals surface area contributed by atoms with Crippen molar-refractivity contribution in [2.75, 3.05) is 6.54 Å². The summed E-state index contributed by atoms with van der Waals surface area (Å²) in [5.74, 6) is 0.941. The normalized spacial score (nSPS) is 51.5. The maximum absolute atomic E-state index is 8.69. The summed E-state index contributed by atoms with van der Waals surface area (Å²) in [7, 11) is 0. The molecule has 0 aromatic heterocycles. The van der Waals surface area contributed by atoms with Gasteiger partial charge in [0, 0.05) is 18.5 Å². The van der Waals surface area contributed by atoms with Gasteiger partial charge in [-0.05, 0) is 55.3 Å². The second kappa shape index (κ2) is 3.48. The van der Waals surface area contributed by atoms with Crippen LogP contribution in [-0.2, 0) is 0 Å². The first-order chi connectivity index (χ1) is 7.97. The lowest BCUT2D eigenvalue weighted by atomic mass is 9.43. The molecule has 0 spiro atoms. The molecule has 0 radical (unpaired) electrons. The van der Waals surface area contributed by atoms with E-state index in [1.807, 2.05) is 0 Å². The molecular weight excluding hydrogens is 208 g/mol. The fourth-order valence-electron chi connectivity index (χ4n) is 6.03. The average Bonchev–Trinajstić information content (AvgIpc) is 2.11. The molecule has 4 bridgehead atoms. The molecular formula is C15H24N2. The van der Waals surface area contributed by atoms with Gasteiger partial charge in [-0.2, -0.15) is 5.26 Å². The van der Waals surface area contributed by atoms with Crippen LogP contribution in [0.1, 0.15) is 58.8 Å². The standard InChI is InChI=1S/C15H24N2/c1-13-6-12-7-14(2,9-13)11-15(8-12,10-13)17-5-3-4-16/h12,17H,3,5-11H2,1-2H3. The molecule has 0 heterocycles. The minimum Gasteiger partial charge on any atom is -0.310 e. The highest BCUT2D eigenvalue weighted by atomic mass is 15.0. The zero-order chi connectivity index (χ0) is 12.1. The van der Waals surface area contributed by atoms with E-state index in [1.54, 1.807) is 0 Å². The molecule has 0 aromatic rings. The summed E-state index contributed by atoms with van der Waals surface area (Å²) in [6.45, 7) is 5.88. The Hall–Kier alpha value is -0.550. The van der Waals surface area contributed by atoms with Gasteiger partial charge in [-0.15, -0.1) is 0 Å². The third-order valence-corrected chi connectivity index (χ3v) is 5.36.